The fourth-order valence-electron chi connectivity index (χ4n) is 1.86. The van der Waals surface area contributed by atoms with Crippen molar-refractivity contribution < 1.29 is 4.74 Å². The number of nitrogens with two attached hydrogens (primary N) is 1. The van der Waals surface area contributed by atoms with Gasteiger partial charge >= 0.3 is 0 Å². The molecule has 0 amide bonds. The molecule has 0 aliphatic carbocycles. The minimum absolute atomic E-state index is 0.0925. The van der Waals surface area contributed by atoms with Crippen LogP contribution in [0.5, 0.6) is 0 Å². The van der Waals surface area contributed by atoms with Gasteiger partial charge in [-0.1, -0.05) is 0 Å². The lowest BCUT2D eigenvalue weighted by molar-refractivity contribution is 0.104. The first-order valence-corrected chi connectivity index (χ1v) is 5.22. The van der Waals surface area contributed by atoms with Crippen molar-refractivity contribution in [3.63, 3.8) is 0 Å². The predicted octanol–water partition coefficient (Wildman–Crippen LogP) is 0.695. The summed E-state index contributed by atoms with van der Waals surface area (Å²) < 4.78 is 8.98. The molecule has 0 spiro atoms. The zero-order valence-electron chi connectivity index (χ0n) is 10.1. The number of rotatable bonds is 3. The first kappa shape index (κ1) is 10.9. The first-order chi connectivity index (χ1) is 7.54. The number of hydrogen-bond donors (Lipinski definition) is 1. The zero-order chi connectivity index (χ0) is 11.9. The van der Waals surface area contributed by atoms with Crippen LogP contribution in [0.1, 0.15) is 12.6 Å². The molecule has 2 heterocycles. The van der Waals surface area contributed by atoms with Crippen LogP contribution in [0, 0.1) is 6.92 Å². The number of imidazole rings is 1. The Hall–Kier alpha value is -1.56. The fourth-order valence-corrected chi connectivity index (χ4v) is 1.86. The van der Waals surface area contributed by atoms with E-state index in [1.54, 1.807) is 11.8 Å². The predicted molar refractivity (Wildman–Crippen MR) is 62.1 cm³/mol. The summed E-state index contributed by atoms with van der Waals surface area (Å²) in [6.07, 6.45) is 0.0925. The van der Waals surface area contributed by atoms with Gasteiger partial charge in [0.25, 0.3) is 0 Å². The Labute approximate surface area is 94.0 Å². The van der Waals surface area contributed by atoms with E-state index in [0.717, 1.165) is 16.9 Å². The molecule has 16 heavy (non-hydrogen) atoms. The van der Waals surface area contributed by atoms with E-state index in [-0.39, 0.29) is 6.10 Å². The van der Waals surface area contributed by atoms with Crippen LogP contribution in [0.25, 0.3) is 11.2 Å². The van der Waals surface area contributed by atoms with Gasteiger partial charge in [0, 0.05) is 14.2 Å². The monoisotopic (exact) mass is 223 g/mol. The average Bonchev–Trinajstić information content (AvgIpc) is 2.68. The molecule has 0 fully saturated rings. The summed E-state index contributed by atoms with van der Waals surface area (Å²) >= 11 is 0. The molecule has 2 aromatic heterocycles. The number of aryl methyl sites for hydroxylation is 2. The summed E-state index contributed by atoms with van der Waals surface area (Å²) in [5.41, 5.74) is 8.60. The maximum absolute atomic E-state index is 5.89. The number of aromatic nitrogens is 4. The molecule has 0 saturated heterocycles. The Kier molecular flexibility index (Phi) is 2.59. The van der Waals surface area contributed by atoms with Crippen LogP contribution in [-0.4, -0.2) is 32.5 Å². The Morgan fingerprint density at radius 2 is 2.19 bits per heavy atom. The maximum atomic E-state index is 5.89. The fraction of sp³-hybridized carbons (Fsp3) is 0.600. The summed E-state index contributed by atoms with van der Waals surface area (Å²) in [5, 5.41) is 4.32. The molecule has 0 radical (unpaired) electrons. The third-order valence-electron chi connectivity index (χ3n) is 2.76. The van der Waals surface area contributed by atoms with Crippen molar-refractivity contribution in [3.05, 3.63) is 5.69 Å². The molecule has 0 aliphatic heterocycles. The van der Waals surface area contributed by atoms with Crippen molar-refractivity contribution >= 4 is 17.1 Å². The highest BCUT2D eigenvalue weighted by Crippen LogP contribution is 2.20. The third-order valence-corrected chi connectivity index (χ3v) is 2.76. The van der Waals surface area contributed by atoms with E-state index in [2.05, 4.69) is 10.1 Å². The highest BCUT2D eigenvalue weighted by molar-refractivity contribution is 5.77. The number of nitrogen functional groups attached to an aromatic ring is 1. The van der Waals surface area contributed by atoms with Gasteiger partial charge in [0.2, 0.25) is 5.95 Å². The molecule has 1 unspecified atom stereocenters. The lowest BCUT2D eigenvalue weighted by Gasteiger charge is -2.12. The van der Waals surface area contributed by atoms with E-state index in [1.807, 2.05) is 25.5 Å². The van der Waals surface area contributed by atoms with E-state index < -0.39 is 0 Å². The van der Waals surface area contributed by atoms with E-state index >= 15 is 0 Å². The summed E-state index contributed by atoms with van der Waals surface area (Å²) in [7, 11) is 3.58. The van der Waals surface area contributed by atoms with Crippen LogP contribution in [-0.2, 0) is 18.3 Å². The number of methoxy groups -OCH3 is 1. The molecule has 1 atom stereocenters. The van der Waals surface area contributed by atoms with Gasteiger partial charge in [0.1, 0.15) is 5.52 Å². The number of hydrogen-bond acceptors (Lipinski definition) is 4. The molecule has 2 rings (SSSR count). The molecule has 2 N–H and O–H groups in total. The van der Waals surface area contributed by atoms with Gasteiger partial charge in [-0.3, -0.25) is 9.25 Å². The number of anilines is 1. The lowest BCUT2D eigenvalue weighted by Crippen LogP contribution is -2.17. The SMILES string of the molecule is COC(C)Cn1c(N)nc2c(C)nn(C)c21. The Bertz CT molecular complexity index is 513. The molecule has 2 aromatic rings. The van der Waals surface area contributed by atoms with Crippen molar-refractivity contribution in [2.45, 2.75) is 26.5 Å². The molecule has 6 nitrogen and oxygen atoms in total. The molecule has 0 bridgehead atoms. The molecule has 88 valence electrons. The van der Waals surface area contributed by atoms with Crippen molar-refractivity contribution in [2.24, 2.45) is 7.05 Å². The summed E-state index contributed by atoms with van der Waals surface area (Å²) in [5.74, 6) is 0.509. The van der Waals surface area contributed by atoms with Crippen molar-refractivity contribution in [1.29, 1.82) is 0 Å². The van der Waals surface area contributed by atoms with Gasteiger partial charge in [-0.2, -0.15) is 5.10 Å². The lowest BCUT2D eigenvalue weighted by atomic mass is 10.4. The van der Waals surface area contributed by atoms with Gasteiger partial charge in [-0.05, 0) is 13.8 Å². The average molecular weight is 223 g/mol. The largest absolute Gasteiger partial charge is 0.380 e. The highest BCUT2D eigenvalue weighted by atomic mass is 16.5. The summed E-state index contributed by atoms with van der Waals surface area (Å²) in [6.45, 7) is 4.60. The van der Waals surface area contributed by atoms with Crippen molar-refractivity contribution in [1.82, 2.24) is 19.3 Å². The van der Waals surface area contributed by atoms with Crippen LogP contribution in [0.15, 0.2) is 0 Å². The van der Waals surface area contributed by atoms with Gasteiger partial charge in [-0.15, -0.1) is 0 Å². The number of nitrogens with zero attached hydrogens (tertiary/aromatic N) is 4. The minimum atomic E-state index is 0.0925. The Morgan fingerprint density at radius 3 is 2.81 bits per heavy atom. The second-order valence-electron chi connectivity index (χ2n) is 4.01. The summed E-state index contributed by atoms with van der Waals surface area (Å²) in [6, 6.07) is 0. The standard InChI is InChI=1S/C10H17N5O/c1-6(16-4)5-15-9-8(12-10(15)11)7(2)13-14(9)3/h6H,5H2,1-4H3,(H2,11,12). The van der Waals surface area contributed by atoms with Crippen LogP contribution in [0.4, 0.5) is 5.95 Å². The van der Waals surface area contributed by atoms with Crippen molar-refractivity contribution in [2.75, 3.05) is 12.8 Å². The number of ether oxygens (including phenoxy) is 1. The third kappa shape index (κ3) is 1.55. The van der Waals surface area contributed by atoms with Gasteiger partial charge < -0.3 is 10.5 Å². The normalized spacial score (nSPS) is 13.5. The second kappa shape index (κ2) is 3.79. The van der Waals surface area contributed by atoms with Crippen LogP contribution >= 0.6 is 0 Å². The quantitative estimate of drug-likeness (QED) is 0.831. The smallest absolute Gasteiger partial charge is 0.202 e. The Balaban J connectivity index is 2.54. The molecule has 0 aliphatic rings. The molecular weight excluding hydrogens is 206 g/mol. The molecule has 6 heteroatoms. The van der Waals surface area contributed by atoms with E-state index in [0.29, 0.717) is 12.5 Å². The van der Waals surface area contributed by atoms with Gasteiger partial charge in [0.15, 0.2) is 5.65 Å². The molecule has 0 aromatic carbocycles. The second-order valence-corrected chi connectivity index (χ2v) is 4.01. The van der Waals surface area contributed by atoms with Crippen LogP contribution in [0.3, 0.4) is 0 Å². The molecule has 0 saturated carbocycles. The molecular formula is C10H17N5O. The highest BCUT2D eigenvalue weighted by Gasteiger charge is 2.16. The Morgan fingerprint density at radius 1 is 1.50 bits per heavy atom. The maximum Gasteiger partial charge on any atom is 0.202 e. The first-order valence-electron chi connectivity index (χ1n) is 5.22. The topological polar surface area (TPSA) is 70.9 Å². The van der Waals surface area contributed by atoms with Crippen molar-refractivity contribution in [3.8, 4) is 0 Å². The number of fused-ring (bicyclic) bond motifs is 1. The van der Waals surface area contributed by atoms with E-state index in [4.69, 9.17) is 10.5 Å². The van der Waals surface area contributed by atoms with Crippen LogP contribution < -0.4 is 5.73 Å². The minimum Gasteiger partial charge on any atom is -0.380 e. The summed E-state index contributed by atoms with van der Waals surface area (Å²) in [4.78, 5) is 4.32. The van der Waals surface area contributed by atoms with E-state index in [1.165, 1.54) is 0 Å². The van der Waals surface area contributed by atoms with E-state index in [9.17, 15) is 0 Å². The van der Waals surface area contributed by atoms with Crippen LogP contribution in [0.2, 0.25) is 0 Å². The van der Waals surface area contributed by atoms with Gasteiger partial charge in [-0.25, -0.2) is 4.98 Å². The van der Waals surface area contributed by atoms with Gasteiger partial charge in [0.05, 0.1) is 18.3 Å². The zero-order valence-corrected chi connectivity index (χ0v) is 10.1.